The van der Waals surface area contributed by atoms with Gasteiger partial charge in [0, 0.05) is 0 Å². The predicted octanol–water partition coefficient (Wildman–Crippen LogP) is 1.09. The molecule has 0 saturated carbocycles. The van der Waals surface area contributed by atoms with Crippen molar-refractivity contribution in [3.05, 3.63) is 27.8 Å². The molecule has 8 heteroatoms. The Labute approximate surface area is 108 Å². The third-order valence-corrected chi connectivity index (χ3v) is 2.53. The van der Waals surface area contributed by atoms with Crippen molar-refractivity contribution >= 4 is 11.7 Å². The standard InChI is InChI=1S/C11H14N2O6/c1-18-7-3-4-8(19-2)11(13(16)17)10(7)6(12)5-9(14)15/h3-4,6H,5,12H2,1-2H3,(H,14,15). The minimum Gasteiger partial charge on any atom is -0.496 e. The highest BCUT2D eigenvalue weighted by Crippen LogP contribution is 2.40. The molecule has 0 aliphatic carbocycles. The highest BCUT2D eigenvalue weighted by Gasteiger charge is 2.30. The highest BCUT2D eigenvalue weighted by molar-refractivity contribution is 5.70. The number of carboxylic acid groups (broad SMARTS) is 1. The predicted molar refractivity (Wildman–Crippen MR) is 65.4 cm³/mol. The van der Waals surface area contributed by atoms with Gasteiger partial charge in [-0.15, -0.1) is 0 Å². The molecule has 0 fully saturated rings. The molecule has 0 saturated heterocycles. The molecule has 0 amide bonds. The number of ether oxygens (including phenoxy) is 2. The first-order valence-corrected chi connectivity index (χ1v) is 5.29. The third-order valence-electron chi connectivity index (χ3n) is 2.53. The first kappa shape index (κ1) is 14.7. The van der Waals surface area contributed by atoms with Crippen molar-refractivity contribution in [2.45, 2.75) is 12.5 Å². The molecule has 0 heterocycles. The SMILES string of the molecule is COc1ccc(OC)c([N+](=O)[O-])c1C(N)CC(=O)O. The van der Waals surface area contributed by atoms with Gasteiger partial charge in [0.05, 0.1) is 37.2 Å². The van der Waals surface area contributed by atoms with Crippen molar-refractivity contribution in [1.29, 1.82) is 0 Å². The summed E-state index contributed by atoms with van der Waals surface area (Å²) in [5.74, 6) is -1.01. The van der Waals surface area contributed by atoms with Crippen LogP contribution in [0.15, 0.2) is 12.1 Å². The molecule has 0 bridgehead atoms. The van der Waals surface area contributed by atoms with Gasteiger partial charge >= 0.3 is 11.7 Å². The summed E-state index contributed by atoms with van der Waals surface area (Å²) >= 11 is 0. The Morgan fingerprint density at radius 2 is 1.95 bits per heavy atom. The van der Waals surface area contributed by atoms with Crippen LogP contribution in [0.3, 0.4) is 0 Å². The Morgan fingerprint density at radius 1 is 1.42 bits per heavy atom. The number of hydrogen-bond acceptors (Lipinski definition) is 6. The number of nitrogens with two attached hydrogens (primary N) is 1. The van der Waals surface area contributed by atoms with Gasteiger partial charge in [-0.2, -0.15) is 0 Å². The fourth-order valence-corrected chi connectivity index (χ4v) is 1.75. The zero-order valence-electron chi connectivity index (χ0n) is 10.5. The van der Waals surface area contributed by atoms with E-state index < -0.39 is 23.4 Å². The average Bonchev–Trinajstić information content (AvgIpc) is 2.35. The van der Waals surface area contributed by atoms with Gasteiger partial charge in [-0.1, -0.05) is 0 Å². The maximum atomic E-state index is 11.1. The van der Waals surface area contributed by atoms with Crippen molar-refractivity contribution < 1.29 is 24.3 Å². The number of carbonyl (C=O) groups is 1. The smallest absolute Gasteiger partial charge is 0.319 e. The van der Waals surface area contributed by atoms with Gasteiger partial charge in [-0.25, -0.2) is 0 Å². The molecule has 0 spiro atoms. The van der Waals surface area contributed by atoms with Crippen LogP contribution in [-0.4, -0.2) is 30.2 Å². The minimum atomic E-state index is -1.16. The van der Waals surface area contributed by atoms with E-state index in [1.54, 1.807) is 0 Å². The lowest BCUT2D eigenvalue weighted by Gasteiger charge is -2.15. The molecule has 1 aromatic rings. The van der Waals surface area contributed by atoms with Crippen molar-refractivity contribution in [2.75, 3.05) is 14.2 Å². The minimum absolute atomic E-state index is 0.00152. The molecule has 1 atom stereocenters. The Morgan fingerprint density at radius 3 is 2.37 bits per heavy atom. The van der Waals surface area contributed by atoms with Gasteiger partial charge in [0.15, 0.2) is 5.75 Å². The summed E-state index contributed by atoms with van der Waals surface area (Å²) in [6.45, 7) is 0. The fourth-order valence-electron chi connectivity index (χ4n) is 1.75. The number of nitrogens with zero attached hydrogens (tertiary/aromatic N) is 1. The summed E-state index contributed by atoms with van der Waals surface area (Å²) in [7, 11) is 2.60. The van der Waals surface area contributed by atoms with Crippen LogP contribution in [0.25, 0.3) is 0 Å². The summed E-state index contributed by atoms with van der Waals surface area (Å²) in [6, 6.07) is 1.75. The van der Waals surface area contributed by atoms with Crippen LogP contribution in [0.4, 0.5) is 5.69 Å². The van der Waals surface area contributed by atoms with Crippen LogP contribution in [0.2, 0.25) is 0 Å². The van der Waals surface area contributed by atoms with E-state index in [0.29, 0.717) is 0 Å². The number of carboxylic acids is 1. The zero-order chi connectivity index (χ0) is 14.6. The molecule has 1 aromatic carbocycles. The second kappa shape index (κ2) is 6.01. The molecular formula is C11H14N2O6. The largest absolute Gasteiger partial charge is 0.496 e. The Balaban J connectivity index is 3.46. The Bertz CT molecular complexity index is 502. The molecule has 1 rings (SSSR count). The molecule has 19 heavy (non-hydrogen) atoms. The molecule has 3 N–H and O–H groups in total. The topological polar surface area (TPSA) is 125 Å². The molecule has 0 aliphatic heterocycles. The normalized spacial score (nSPS) is 11.7. The number of methoxy groups -OCH3 is 2. The van der Waals surface area contributed by atoms with Gasteiger partial charge < -0.3 is 20.3 Å². The van der Waals surface area contributed by atoms with Crippen LogP contribution in [0, 0.1) is 10.1 Å². The van der Waals surface area contributed by atoms with Gasteiger partial charge in [0.2, 0.25) is 0 Å². The van der Waals surface area contributed by atoms with E-state index in [9.17, 15) is 14.9 Å². The summed E-state index contributed by atoms with van der Waals surface area (Å²) < 4.78 is 9.91. The quantitative estimate of drug-likeness (QED) is 0.585. The molecule has 104 valence electrons. The summed E-state index contributed by atoms with van der Waals surface area (Å²) in [5, 5.41) is 19.9. The van der Waals surface area contributed by atoms with Crippen molar-refractivity contribution in [2.24, 2.45) is 5.73 Å². The van der Waals surface area contributed by atoms with E-state index in [1.807, 2.05) is 0 Å². The fraction of sp³-hybridized carbons (Fsp3) is 0.364. The first-order chi connectivity index (χ1) is 8.92. The maximum Gasteiger partial charge on any atom is 0.319 e. The molecule has 0 aliphatic rings. The number of hydrogen-bond donors (Lipinski definition) is 2. The number of nitro benzene ring substituents is 1. The number of benzene rings is 1. The first-order valence-electron chi connectivity index (χ1n) is 5.29. The van der Waals surface area contributed by atoms with E-state index in [1.165, 1.54) is 26.4 Å². The third kappa shape index (κ3) is 3.10. The van der Waals surface area contributed by atoms with Crippen molar-refractivity contribution in [3.63, 3.8) is 0 Å². The van der Waals surface area contributed by atoms with E-state index in [4.69, 9.17) is 20.3 Å². The molecule has 0 radical (unpaired) electrons. The lowest BCUT2D eigenvalue weighted by Crippen LogP contribution is -2.18. The van der Waals surface area contributed by atoms with Gasteiger partial charge in [-0.3, -0.25) is 14.9 Å². The van der Waals surface area contributed by atoms with Crippen molar-refractivity contribution in [1.82, 2.24) is 0 Å². The van der Waals surface area contributed by atoms with E-state index in [-0.39, 0.29) is 22.7 Å². The molecule has 8 nitrogen and oxygen atoms in total. The van der Waals surface area contributed by atoms with Crippen molar-refractivity contribution in [3.8, 4) is 11.5 Å². The average molecular weight is 270 g/mol. The zero-order valence-corrected chi connectivity index (χ0v) is 10.5. The Hall–Kier alpha value is -2.35. The second-order valence-corrected chi connectivity index (χ2v) is 3.69. The Kier molecular flexibility index (Phi) is 4.65. The van der Waals surface area contributed by atoms with E-state index in [0.717, 1.165) is 0 Å². The number of rotatable bonds is 6. The molecular weight excluding hydrogens is 256 g/mol. The summed E-state index contributed by atoms with van der Waals surface area (Å²) in [5.41, 5.74) is 5.34. The molecule has 1 unspecified atom stereocenters. The highest BCUT2D eigenvalue weighted by atomic mass is 16.6. The van der Waals surface area contributed by atoms with Gasteiger partial charge in [-0.05, 0) is 12.1 Å². The summed E-state index contributed by atoms with van der Waals surface area (Å²) in [6.07, 6.45) is -0.454. The number of nitro groups is 1. The second-order valence-electron chi connectivity index (χ2n) is 3.69. The lowest BCUT2D eigenvalue weighted by atomic mass is 10.0. The van der Waals surface area contributed by atoms with Crippen LogP contribution in [-0.2, 0) is 4.79 Å². The van der Waals surface area contributed by atoms with Crippen LogP contribution in [0.5, 0.6) is 11.5 Å². The number of aliphatic carboxylic acids is 1. The van der Waals surface area contributed by atoms with Crippen LogP contribution < -0.4 is 15.2 Å². The van der Waals surface area contributed by atoms with Gasteiger partial charge in [0.25, 0.3) is 0 Å². The van der Waals surface area contributed by atoms with E-state index >= 15 is 0 Å². The van der Waals surface area contributed by atoms with Gasteiger partial charge in [0.1, 0.15) is 5.75 Å². The lowest BCUT2D eigenvalue weighted by molar-refractivity contribution is -0.386. The van der Waals surface area contributed by atoms with Crippen LogP contribution >= 0.6 is 0 Å². The molecule has 0 aromatic heterocycles. The van der Waals surface area contributed by atoms with Crippen LogP contribution in [0.1, 0.15) is 18.0 Å². The monoisotopic (exact) mass is 270 g/mol. The maximum absolute atomic E-state index is 11.1. The summed E-state index contributed by atoms with van der Waals surface area (Å²) in [4.78, 5) is 21.2. The van der Waals surface area contributed by atoms with E-state index in [2.05, 4.69) is 0 Å².